The molecule has 1 aliphatic carbocycles. The van der Waals surface area contributed by atoms with Crippen LogP contribution in [-0.4, -0.2) is 28.8 Å². The summed E-state index contributed by atoms with van der Waals surface area (Å²) in [5.41, 5.74) is 0.870. The van der Waals surface area contributed by atoms with Crippen molar-refractivity contribution in [2.45, 2.75) is 39.0 Å². The highest BCUT2D eigenvalue weighted by molar-refractivity contribution is 5.86. The molecule has 7 nitrogen and oxygen atoms in total. The van der Waals surface area contributed by atoms with Crippen LogP contribution in [0.1, 0.15) is 39.3 Å². The van der Waals surface area contributed by atoms with Gasteiger partial charge in [-0.25, -0.2) is 4.98 Å². The molecule has 152 valence electrons. The van der Waals surface area contributed by atoms with E-state index < -0.39 is 5.41 Å². The number of methoxy groups -OCH3 is 1. The minimum Gasteiger partial charge on any atom is -0.468 e. The third-order valence-corrected chi connectivity index (χ3v) is 5.47. The molecule has 0 aliphatic heterocycles. The molecular weight excluding hydrogens is 370 g/mol. The van der Waals surface area contributed by atoms with Crippen LogP contribution in [-0.2, 0) is 24.5 Å². The predicted octanol–water partition coefficient (Wildman–Crippen LogP) is 3.30. The van der Waals surface area contributed by atoms with Gasteiger partial charge in [0.1, 0.15) is 5.41 Å². The topological polar surface area (TPSA) is 102 Å². The van der Waals surface area contributed by atoms with Gasteiger partial charge in [-0.3, -0.25) is 4.79 Å². The smallest absolute Gasteiger partial charge is 0.373 e. The Kier molecular flexibility index (Phi) is 6.73. The van der Waals surface area contributed by atoms with E-state index in [0.717, 1.165) is 11.4 Å². The fourth-order valence-electron chi connectivity index (χ4n) is 3.64. The lowest BCUT2D eigenvalue weighted by atomic mass is 9.77. The van der Waals surface area contributed by atoms with E-state index in [2.05, 4.69) is 31.8 Å². The number of rotatable bonds is 5. The SMILES string of the molecule is COC(=O)[C@]1(c2cn(-c3ccccc3)cn2)C[C@@H]1CC(C#N)C(C)(C)C.O=C=O. The zero-order valence-electron chi connectivity index (χ0n) is 17.1. The summed E-state index contributed by atoms with van der Waals surface area (Å²) in [6, 6.07) is 12.3. The molecule has 7 heteroatoms. The third-order valence-electron chi connectivity index (χ3n) is 5.47. The fraction of sp³-hybridized carbons (Fsp3) is 0.455. The first-order valence-electron chi connectivity index (χ1n) is 9.31. The molecule has 0 radical (unpaired) electrons. The molecule has 0 amide bonds. The van der Waals surface area contributed by atoms with E-state index in [-0.39, 0.29) is 29.4 Å². The summed E-state index contributed by atoms with van der Waals surface area (Å²) >= 11 is 0. The van der Waals surface area contributed by atoms with Gasteiger partial charge in [0.05, 0.1) is 31.1 Å². The van der Waals surface area contributed by atoms with Crippen molar-refractivity contribution in [3.63, 3.8) is 0 Å². The molecule has 0 saturated heterocycles. The van der Waals surface area contributed by atoms with E-state index in [4.69, 9.17) is 14.3 Å². The Labute approximate surface area is 170 Å². The number of imidazole rings is 1. The van der Waals surface area contributed by atoms with E-state index in [1.807, 2.05) is 41.1 Å². The molecule has 1 heterocycles. The normalized spacial score (nSPS) is 21.0. The van der Waals surface area contributed by atoms with E-state index in [1.54, 1.807) is 6.33 Å². The zero-order valence-corrected chi connectivity index (χ0v) is 17.1. The van der Waals surface area contributed by atoms with E-state index in [9.17, 15) is 10.1 Å². The largest absolute Gasteiger partial charge is 0.468 e. The van der Waals surface area contributed by atoms with Gasteiger partial charge in [0.2, 0.25) is 0 Å². The molecule has 1 aliphatic rings. The lowest BCUT2D eigenvalue weighted by Gasteiger charge is -2.25. The maximum absolute atomic E-state index is 12.6. The monoisotopic (exact) mass is 395 g/mol. The summed E-state index contributed by atoms with van der Waals surface area (Å²) in [5, 5.41) is 9.54. The standard InChI is InChI=1S/C21H25N3O2.CO2/c1-20(2,3)16(12-22)10-15-11-21(15,19(25)26-4)18-13-24(14-23-18)17-8-6-5-7-9-17;2-1-3/h5-9,13-16H,10-11H2,1-4H3;/t15-,16?,21+;/m0./s1. The van der Waals surface area contributed by atoms with Crippen molar-refractivity contribution in [2.24, 2.45) is 17.3 Å². The first-order valence-corrected chi connectivity index (χ1v) is 9.31. The second kappa shape index (κ2) is 8.85. The summed E-state index contributed by atoms with van der Waals surface area (Å²) in [5.74, 6) is -0.292. The van der Waals surface area contributed by atoms with Crippen LogP contribution in [0.2, 0.25) is 0 Å². The maximum Gasteiger partial charge on any atom is 0.373 e. The fourth-order valence-corrected chi connectivity index (χ4v) is 3.64. The van der Waals surface area contributed by atoms with Crippen molar-refractivity contribution < 1.29 is 19.1 Å². The van der Waals surface area contributed by atoms with Crippen LogP contribution in [0.25, 0.3) is 5.69 Å². The minimum atomic E-state index is -0.727. The van der Waals surface area contributed by atoms with Crippen LogP contribution < -0.4 is 0 Å². The molecular formula is C22H25N3O4. The third kappa shape index (κ3) is 4.61. The Bertz CT molecular complexity index is 918. The number of nitrogens with zero attached hydrogens (tertiary/aromatic N) is 3. The molecule has 2 aromatic rings. The number of hydrogen-bond donors (Lipinski definition) is 0. The van der Waals surface area contributed by atoms with Gasteiger partial charge in [0, 0.05) is 11.9 Å². The quantitative estimate of drug-likeness (QED) is 0.720. The van der Waals surface area contributed by atoms with Crippen LogP contribution in [0, 0.1) is 28.6 Å². The van der Waals surface area contributed by atoms with Gasteiger partial charge in [-0.15, -0.1) is 0 Å². The van der Waals surface area contributed by atoms with Gasteiger partial charge in [-0.1, -0.05) is 39.0 Å². The van der Waals surface area contributed by atoms with Crippen molar-refractivity contribution in [1.82, 2.24) is 9.55 Å². The number of carbonyl (C=O) groups is 1. The maximum atomic E-state index is 12.6. The molecule has 1 aromatic heterocycles. The number of carbonyl (C=O) groups excluding carboxylic acids is 3. The van der Waals surface area contributed by atoms with Gasteiger partial charge in [0.15, 0.2) is 0 Å². The van der Waals surface area contributed by atoms with Gasteiger partial charge >= 0.3 is 12.1 Å². The average Bonchev–Trinajstić information content (AvgIpc) is 3.20. The number of nitriles is 1. The molecule has 3 atom stereocenters. The molecule has 29 heavy (non-hydrogen) atoms. The number of benzene rings is 1. The molecule has 0 N–H and O–H groups in total. The van der Waals surface area contributed by atoms with E-state index >= 15 is 0 Å². The minimum absolute atomic E-state index is 0.0814. The Morgan fingerprint density at radius 3 is 2.48 bits per heavy atom. The highest BCUT2D eigenvalue weighted by Gasteiger charge is 2.64. The number of para-hydroxylation sites is 1. The number of hydrogen-bond acceptors (Lipinski definition) is 6. The van der Waals surface area contributed by atoms with Crippen molar-refractivity contribution in [2.75, 3.05) is 7.11 Å². The summed E-state index contributed by atoms with van der Waals surface area (Å²) < 4.78 is 7.02. The number of esters is 1. The lowest BCUT2D eigenvalue weighted by Crippen LogP contribution is -2.27. The number of aromatic nitrogens is 2. The summed E-state index contributed by atoms with van der Waals surface area (Å²) in [6.07, 6.45) is 5.24. The Morgan fingerprint density at radius 1 is 1.34 bits per heavy atom. The molecule has 0 bridgehead atoms. The first-order chi connectivity index (χ1) is 13.7. The molecule has 0 spiro atoms. The van der Waals surface area contributed by atoms with Gasteiger partial charge in [-0.05, 0) is 36.3 Å². The second-order valence-electron chi connectivity index (χ2n) is 8.23. The molecule has 3 rings (SSSR count). The number of ether oxygens (including phenoxy) is 1. The van der Waals surface area contributed by atoms with E-state index in [1.165, 1.54) is 7.11 Å². The highest BCUT2D eigenvalue weighted by Crippen LogP contribution is 2.58. The van der Waals surface area contributed by atoms with Crippen molar-refractivity contribution >= 4 is 12.1 Å². The lowest BCUT2D eigenvalue weighted by molar-refractivity contribution is -0.191. The van der Waals surface area contributed by atoms with Crippen LogP contribution in [0.15, 0.2) is 42.9 Å². The summed E-state index contributed by atoms with van der Waals surface area (Å²) in [6.45, 7) is 6.19. The Hall–Kier alpha value is -3.23. The molecule has 1 unspecified atom stereocenters. The first kappa shape index (κ1) is 22.1. The Balaban J connectivity index is 0.000000941. The highest BCUT2D eigenvalue weighted by atomic mass is 16.5. The van der Waals surface area contributed by atoms with Crippen molar-refractivity contribution in [3.8, 4) is 11.8 Å². The molecule has 1 fully saturated rings. The van der Waals surface area contributed by atoms with Crippen LogP contribution in [0.4, 0.5) is 0 Å². The van der Waals surface area contributed by atoms with Crippen LogP contribution >= 0.6 is 0 Å². The van der Waals surface area contributed by atoms with Crippen molar-refractivity contribution in [3.05, 3.63) is 48.5 Å². The summed E-state index contributed by atoms with van der Waals surface area (Å²) in [4.78, 5) is 33.4. The van der Waals surface area contributed by atoms with Gasteiger partial charge in [-0.2, -0.15) is 14.9 Å². The van der Waals surface area contributed by atoms with Gasteiger partial charge in [0.25, 0.3) is 0 Å². The zero-order chi connectivity index (χ0) is 21.7. The van der Waals surface area contributed by atoms with E-state index in [0.29, 0.717) is 12.8 Å². The summed E-state index contributed by atoms with van der Waals surface area (Å²) in [7, 11) is 1.42. The van der Waals surface area contributed by atoms with Crippen LogP contribution in [0.5, 0.6) is 0 Å². The van der Waals surface area contributed by atoms with Gasteiger partial charge < -0.3 is 9.30 Å². The predicted molar refractivity (Wildman–Crippen MR) is 104 cm³/mol. The molecule has 1 saturated carbocycles. The Morgan fingerprint density at radius 2 is 1.97 bits per heavy atom. The van der Waals surface area contributed by atoms with Crippen LogP contribution in [0.3, 0.4) is 0 Å². The van der Waals surface area contributed by atoms with Crippen molar-refractivity contribution in [1.29, 1.82) is 5.26 Å². The average molecular weight is 395 g/mol. The molecule has 1 aromatic carbocycles. The second-order valence-corrected chi connectivity index (χ2v) is 8.23.